The number of nitrogens with two attached hydrogens (primary N) is 1. The average Bonchev–Trinajstić information content (AvgIpc) is 2.22. The van der Waals surface area contributed by atoms with Gasteiger partial charge < -0.3 is 11.1 Å². The molecule has 0 aliphatic carbocycles. The van der Waals surface area contributed by atoms with Crippen LogP contribution in [0.1, 0.15) is 0 Å². The van der Waals surface area contributed by atoms with Crippen LogP contribution in [0.5, 0.6) is 0 Å². The standard InChI is InChI=1S/C6H9Cl3N2O3S/c7-6(8,9)5(12)11-4-2-15(13,14)1-3(4)10/h3-4H,1-2,10H2,(H,11,12). The van der Waals surface area contributed by atoms with Gasteiger partial charge in [-0.15, -0.1) is 0 Å². The number of rotatable bonds is 1. The van der Waals surface area contributed by atoms with Gasteiger partial charge in [-0.25, -0.2) is 8.42 Å². The van der Waals surface area contributed by atoms with Gasteiger partial charge in [0, 0.05) is 6.04 Å². The topological polar surface area (TPSA) is 89.3 Å². The molecule has 0 aromatic rings. The van der Waals surface area contributed by atoms with Crippen LogP contribution in [0, 0.1) is 0 Å². The highest BCUT2D eigenvalue weighted by molar-refractivity contribution is 7.91. The summed E-state index contributed by atoms with van der Waals surface area (Å²) in [5.74, 6) is -1.26. The van der Waals surface area contributed by atoms with Gasteiger partial charge in [0.15, 0.2) is 9.84 Å². The molecule has 0 aromatic heterocycles. The van der Waals surface area contributed by atoms with Gasteiger partial charge in [0.05, 0.1) is 17.5 Å². The molecule has 1 rings (SSSR count). The number of alkyl halides is 3. The fourth-order valence-electron chi connectivity index (χ4n) is 1.27. The van der Waals surface area contributed by atoms with Crippen LogP contribution in [0.4, 0.5) is 0 Å². The maximum atomic E-state index is 11.2. The lowest BCUT2D eigenvalue weighted by Gasteiger charge is -2.18. The molecular formula is C6H9Cl3N2O3S. The summed E-state index contributed by atoms with van der Waals surface area (Å²) in [5.41, 5.74) is 5.52. The molecular weight excluding hydrogens is 287 g/mol. The molecule has 0 radical (unpaired) electrons. The lowest BCUT2D eigenvalue weighted by atomic mass is 10.2. The lowest BCUT2D eigenvalue weighted by molar-refractivity contribution is -0.120. The zero-order valence-electron chi connectivity index (χ0n) is 7.41. The Kier molecular flexibility index (Phi) is 3.78. The first kappa shape index (κ1) is 13.3. The van der Waals surface area contributed by atoms with E-state index >= 15 is 0 Å². The van der Waals surface area contributed by atoms with Gasteiger partial charge in [-0.1, -0.05) is 34.8 Å². The summed E-state index contributed by atoms with van der Waals surface area (Å²) in [6, 6.07) is -1.36. The van der Waals surface area contributed by atoms with Crippen molar-refractivity contribution in [2.45, 2.75) is 15.9 Å². The van der Waals surface area contributed by atoms with E-state index < -0.39 is 31.6 Å². The van der Waals surface area contributed by atoms with E-state index in [9.17, 15) is 13.2 Å². The Labute approximate surface area is 102 Å². The number of carbonyl (C=O) groups is 1. The number of carbonyl (C=O) groups excluding carboxylic acids is 1. The van der Waals surface area contributed by atoms with Crippen molar-refractivity contribution in [1.29, 1.82) is 0 Å². The molecule has 0 bridgehead atoms. The van der Waals surface area contributed by atoms with Crippen LogP contribution >= 0.6 is 34.8 Å². The van der Waals surface area contributed by atoms with Gasteiger partial charge >= 0.3 is 0 Å². The second-order valence-corrected chi connectivity index (χ2v) is 7.75. The van der Waals surface area contributed by atoms with Crippen molar-refractivity contribution in [3.8, 4) is 0 Å². The number of halogens is 3. The van der Waals surface area contributed by atoms with E-state index in [-0.39, 0.29) is 11.5 Å². The summed E-state index contributed by atoms with van der Waals surface area (Å²) in [6.07, 6.45) is 0. The van der Waals surface area contributed by atoms with Crippen LogP contribution in [-0.2, 0) is 14.6 Å². The second-order valence-electron chi connectivity index (χ2n) is 3.32. The predicted octanol–water partition coefficient (Wildman–Crippen LogP) is -0.403. The maximum Gasteiger partial charge on any atom is 0.272 e. The molecule has 1 amide bonds. The van der Waals surface area contributed by atoms with E-state index in [1.54, 1.807) is 0 Å². The predicted molar refractivity (Wildman–Crippen MR) is 58.8 cm³/mol. The van der Waals surface area contributed by atoms with Crippen LogP contribution in [0.2, 0.25) is 0 Å². The van der Waals surface area contributed by atoms with Gasteiger partial charge in [-0.2, -0.15) is 0 Å². The Bertz CT molecular complexity index is 364. The zero-order valence-corrected chi connectivity index (χ0v) is 10.5. The molecule has 9 heteroatoms. The molecule has 1 aliphatic rings. The minimum absolute atomic E-state index is 0.169. The van der Waals surface area contributed by atoms with Crippen LogP contribution in [-0.4, -0.2) is 41.7 Å². The van der Waals surface area contributed by atoms with Gasteiger partial charge in [0.1, 0.15) is 0 Å². The first-order valence-electron chi connectivity index (χ1n) is 3.95. The molecule has 0 spiro atoms. The third-order valence-electron chi connectivity index (χ3n) is 1.97. The minimum Gasteiger partial charge on any atom is -0.347 e. The fraction of sp³-hybridized carbons (Fsp3) is 0.833. The summed E-state index contributed by atoms with van der Waals surface area (Å²) in [5, 5.41) is 2.29. The van der Waals surface area contributed by atoms with Crippen molar-refractivity contribution in [1.82, 2.24) is 5.32 Å². The van der Waals surface area contributed by atoms with E-state index in [2.05, 4.69) is 5.32 Å². The molecule has 15 heavy (non-hydrogen) atoms. The highest BCUT2D eigenvalue weighted by Gasteiger charge is 2.40. The highest BCUT2D eigenvalue weighted by atomic mass is 35.6. The summed E-state index contributed by atoms with van der Waals surface area (Å²) in [7, 11) is -3.20. The summed E-state index contributed by atoms with van der Waals surface area (Å²) in [6.45, 7) is 0. The smallest absolute Gasteiger partial charge is 0.272 e. The average molecular weight is 296 g/mol. The first-order chi connectivity index (χ1) is 6.62. The Morgan fingerprint density at radius 2 is 1.87 bits per heavy atom. The van der Waals surface area contributed by atoms with E-state index in [0.717, 1.165) is 0 Å². The van der Waals surface area contributed by atoms with E-state index in [1.165, 1.54) is 0 Å². The first-order valence-corrected chi connectivity index (χ1v) is 6.91. The van der Waals surface area contributed by atoms with Crippen molar-refractivity contribution < 1.29 is 13.2 Å². The quantitative estimate of drug-likeness (QED) is 0.644. The van der Waals surface area contributed by atoms with Crippen molar-refractivity contribution in [2.75, 3.05) is 11.5 Å². The summed E-state index contributed by atoms with van der Waals surface area (Å²) in [4.78, 5) is 11.2. The highest BCUT2D eigenvalue weighted by Crippen LogP contribution is 2.26. The number of sulfone groups is 1. The van der Waals surface area contributed by atoms with E-state index in [0.29, 0.717) is 0 Å². The van der Waals surface area contributed by atoms with Crippen LogP contribution < -0.4 is 11.1 Å². The Morgan fingerprint density at radius 3 is 2.20 bits per heavy atom. The van der Waals surface area contributed by atoms with Crippen LogP contribution in [0.25, 0.3) is 0 Å². The third-order valence-corrected chi connectivity index (χ3v) is 4.25. The molecule has 2 unspecified atom stereocenters. The van der Waals surface area contributed by atoms with Gasteiger partial charge in [0.2, 0.25) is 0 Å². The molecule has 1 fully saturated rings. The van der Waals surface area contributed by atoms with Crippen molar-refractivity contribution in [3.63, 3.8) is 0 Å². The van der Waals surface area contributed by atoms with Gasteiger partial charge in [0.25, 0.3) is 9.70 Å². The van der Waals surface area contributed by atoms with Crippen molar-refractivity contribution in [2.24, 2.45) is 5.73 Å². The Morgan fingerprint density at radius 1 is 1.33 bits per heavy atom. The fourth-order valence-corrected chi connectivity index (χ4v) is 3.27. The summed E-state index contributed by atoms with van der Waals surface area (Å²) >= 11 is 15.9. The maximum absolute atomic E-state index is 11.2. The number of hydrogen-bond acceptors (Lipinski definition) is 4. The van der Waals surface area contributed by atoms with Crippen molar-refractivity contribution in [3.05, 3.63) is 0 Å². The largest absolute Gasteiger partial charge is 0.347 e. The molecule has 2 atom stereocenters. The van der Waals surface area contributed by atoms with E-state index in [1.807, 2.05) is 0 Å². The Balaban J connectivity index is 2.66. The molecule has 3 N–H and O–H groups in total. The number of amides is 1. The van der Waals surface area contributed by atoms with Crippen molar-refractivity contribution >= 4 is 50.5 Å². The molecule has 0 aromatic carbocycles. The molecule has 1 saturated heterocycles. The normalized spacial score (nSPS) is 30.1. The van der Waals surface area contributed by atoms with Crippen LogP contribution in [0.15, 0.2) is 0 Å². The van der Waals surface area contributed by atoms with Gasteiger partial charge in [-0.3, -0.25) is 4.79 Å². The SMILES string of the molecule is NC1CS(=O)(=O)CC1NC(=O)C(Cl)(Cl)Cl. The lowest BCUT2D eigenvalue weighted by Crippen LogP contribution is -2.50. The Hall–Kier alpha value is 0.250. The monoisotopic (exact) mass is 294 g/mol. The molecule has 5 nitrogen and oxygen atoms in total. The number of nitrogens with one attached hydrogen (secondary N) is 1. The van der Waals surface area contributed by atoms with Gasteiger partial charge in [-0.05, 0) is 0 Å². The van der Waals surface area contributed by atoms with E-state index in [4.69, 9.17) is 40.5 Å². The summed E-state index contributed by atoms with van der Waals surface area (Å²) < 4.78 is 20.2. The third kappa shape index (κ3) is 3.64. The minimum atomic E-state index is -3.20. The molecule has 88 valence electrons. The second kappa shape index (κ2) is 4.25. The molecule has 0 saturated carbocycles. The zero-order chi connectivity index (χ0) is 11.9. The molecule has 1 aliphatic heterocycles. The number of hydrogen-bond donors (Lipinski definition) is 2. The van der Waals surface area contributed by atoms with Crippen LogP contribution in [0.3, 0.4) is 0 Å². The molecule has 1 heterocycles.